The number of hydrogen-bond donors (Lipinski definition) is 1. The van der Waals surface area contributed by atoms with Gasteiger partial charge >= 0.3 is 6.18 Å². The molecule has 2 aliphatic carbocycles. The first-order valence-corrected chi connectivity index (χ1v) is 7.55. The lowest BCUT2D eigenvalue weighted by Crippen LogP contribution is -2.43. The third kappa shape index (κ3) is 1.97. The van der Waals surface area contributed by atoms with Gasteiger partial charge in [0.1, 0.15) is 0 Å². The standard InChI is InChI=1S/C17H20F3NO/c1-15(2)12-7-8-16(15,3)14(13(12)22)21-11-6-4-5-10(9-11)17(18,19)20/h4-6,9,12,14,21H,7-8H2,1-3H3/t12-,14-,16-/m0/s1. The summed E-state index contributed by atoms with van der Waals surface area (Å²) in [5.74, 6) is 0.136. The van der Waals surface area contributed by atoms with Crippen molar-refractivity contribution in [3.63, 3.8) is 0 Å². The molecule has 0 heterocycles. The van der Waals surface area contributed by atoms with E-state index in [4.69, 9.17) is 0 Å². The van der Waals surface area contributed by atoms with Crippen LogP contribution in [0, 0.1) is 16.7 Å². The van der Waals surface area contributed by atoms with Crippen LogP contribution in [-0.2, 0) is 11.0 Å². The molecular formula is C17H20F3NO. The molecule has 2 nitrogen and oxygen atoms in total. The molecule has 2 fully saturated rings. The van der Waals surface area contributed by atoms with Crippen molar-refractivity contribution in [2.45, 2.75) is 45.8 Å². The van der Waals surface area contributed by atoms with Crippen LogP contribution in [0.1, 0.15) is 39.2 Å². The van der Waals surface area contributed by atoms with Gasteiger partial charge in [0.15, 0.2) is 5.78 Å². The van der Waals surface area contributed by atoms with E-state index in [1.807, 2.05) is 0 Å². The maximum Gasteiger partial charge on any atom is 0.416 e. The van der Waals surface area contributed by atoms with Crippen molar-refractivity contribution in [2.75, 3.05) is 5.32 Å². The van der Waals surface area contributed by atoms with Crippen molar-refractivity contribution in [3.05, 3.63) is 29.8 Å². The van der Waals surface area contributed by atoms with Crippen LogP contribution < -0.4 is 5.32 Å². The number of carbonyl (C=O) groups excluding carboxylic acids is 1. The van der Waals surface area contributed by atoms with E-state index in [1.54, 1.807) is 6.07 Å². The van der Waals surface area contributed by atoms with Crippen LogP contribution >= 0.6 is 0 Å². The zero-order chi connectivity index (χ0) is 16.3. The van der Waals surface area contributed by atoms with E-state index in [9.17, 15) is 18.0 Å². The summed E-state index contributed by atoms with van der Waals surface area (Å²) in [6, 6.07) is 4.67. The van der Waals surface area contributed by atoms with E-state index in [-0.39, 0.29) is 22.5 Å². The number of carbonyl (C=O) groups is 1. The van der Waals surface area contributed by atoms with Crippen LogP contribution in [0.15, 0.2) is 24.3 Å². The van der Waals surface area contributed by atoms with Crippen LogP contribution in [-0.4, -0.2) is 11.8 Å². The summed E-state index contributed by atoms with van der Waals surface area (Å²) in [6.07, 6.45) is -2.57. The molecule has 2 saturated carbocycles. The van der Waals surface area contributed by atoms with Gasteiger partial charge in [-0.1, -0.05) is 26.8 Å². The molecule has 120 valence electrons. The molecule has 0 saturated heterocycles. The molecule has 3 rings (SSSR count). The number of anilines is 1. The second kappa shape index (κ2) is 4.49. The average molecular weight is 311 g/mol. The Balaban J connectivity index is 1.90. The molecule has 0 spiro atoms. The molecule has 1 aromatic carbocycles. The first-order valence-electron chi connectivity index (χ1n) is 7.55. The van der Waals surface area contributed by atoms with Crippen molar-refractivity contribution < 1.29 is 18.0 Å². The van der Waals surface area contributed by atoms with Crippen molar-refractivity contribution in [1.82, 2.24) is 0 Å². The zero-order valence-electron chi connectivity index (χ0n) is 12.9. The van der Waals surface area contributed by atoms with Crippen LogP contribution in [0.2, 0.25) is 0 Å². The second-order valence-corrected chi connectivity index (χ2v) is 7.29. The summed E-state index contributed by atoms with van der Waals surface area (Å²) in [7, 11) is 0. The Kier molecular flexibility index (Phi) is 3.14. The van der Waals surface area contributed by atoms with Crippen LogP contribution in [0.4, 0.5) is 18.9 Å². The van der Waals surface area contributed by atoms with E-state index in [2.05, 4.69) is 26.1 Å². The highest BCUT2D eigenvalue weighted by atomic mass is 19.4. The Morgan fingerprint density at radius 2 is 1.91 bits per heavy atom. The molecule has 1 aromatic rings. The molecule has 2 bridgehead atoms. The topological polar surface area (TPSA) is 29.1 Å². The molecule has 1 N–H and O–H groups in total. The molecule has 0 aliphatic heterocycles. The number of Topliss-reactive ketones (excluding diaryl/α,β-unsaturated/α-hetero) is 1. The summed E-state index contributed by atoms with van der Waals surface area (Å²) in [4.78, 5) is 12.6. The van der Waals surface area contributed by atoms with Gasteiger partial charge in [0, 0.05) is 17.0 Å². The highest BCUT2D eigenvalue weighted by Crippen LogP contribution is 2.64. The third-order valence-corrected chi connectivity index (χ3v) is 6.06. The lowest BCUT2D eigenvalue weighted by molar-refractivity contribution is -0.137. The van der Waals surface area contributed by atoms with E-state index < -0.39 is 17.8 Å². The Hall–Kier alpha value is -1.52. The smallest absolute Gasteiger partial charge is 0.375 e. The van der Waals surface area contributed by atoms with Gasteiger partial charge in [0.05, 0.1) is 11.6 Å². The van der Waals surface area contributed by atoms with Crippen LogP contribution in [0.3, 0.4) is 0 Å². The Morgan fingerprint density at radius 1 is 1.23 bits per heavy atom. The number of alkyl halides is 3. The Labute approximate surface area is 128 Å². The number of fused-ring (bicyclic) bond motifs is 2. The van der Waals surface area contributed by atoms with Crippen molar-refractivity contribution in [1.29, 1.82) is 0 Å². The van der Waals surface area contributed by atoms with Gasteiger partial charge in [-0.2, -0.15) is 13.2 Å². The molecule has 5 heteroatoms. The molecule has 0 unspecified atom stereocenters. The van der Waals surface area contributed by atoms with E-state index in [0.717, 1.165) is 25.0 Å². The minimum atomic E-state index is -4.38. The predicted octanol–water partition coefficient (Wildman–Crippen LogP) is 4.51. The molecule has 0 aromatic heterocycles. The molecule has 0 radical (unpaired) electrons. The molecule has 2 aliphatic rings. The number of hydrogen-bond acceptors (Lipinski definition) is 2. The summed E-state index contributed by atoms with van der Waals surface area (Å²) in [6.45, 7) is 6.26. The monoisotopic (exact) mass is 311 g/mol. The Morgan fingerprint density at radius 3 is 2.45 bits per heavy atom. The van der Waals surface area contributed by atoms with Gasteiger partial charge in [-0.05, 0) is 36.5 Å². The highest BCUT2D eigenvalue weighted by molar-refractivity contribution is 5.94. The van der Waals surface area contributed by atoms with Gasteiger partial charge in [0.25, 0.3) is 0 Å². The van der Waals surface area contributed by atoms with Gasteiger partial charge < -0.3 is 5.32 Å². The number of benzene rings is 1. The van der Waals surface area contributed by atoms with Gasteiger partial charge in [0.2, 0.25) is 0 Å². The van der Waals surface area contributed by atoms with E-state index in [0.29, 0.717) is 5.69 Å². The second-order valence-electron chi connectivity index (χ2n) is 7.29. The van der Waals surface area contributed by atoms with E-state index >= 15 is 0 Å². The van der Waals surface area contributed by atoms with Crippen molar-refractivity contribution in [2.24, 2.45) is 16.7 Å². The normalized spacial score (nSPS) is 33.3. The maximum absolute atomic E-state index is 12.8. The number of nitrogens with one attached hydrogen (secondary N) is 1. The average Bonchev–Trinajstić information content (AvgIpc) is 2.72. The van der Waals surface area contributed by atoms with E-state index in [1.165, 1.54) is 6.07 Å². The molecule has 22 heavy (non-hydrogen) atoms. The number of rotatable bonds is 2. The van der Waals surface area contributed by atoms with Gasteiger partial charge in [-0.3, -0.25) is 4.79 Å². The molecule has 0 amide bonds. The lowest BCUT2D eigenvalue weighted by atomic mass is 9.69. The van der Waals surface area contributed by atoms with Crippen molar-refractivity contribution in [3.8, 4) is 0 Å². The maximum atomic E-state index is 12.8. The quantitative estimate of drug-likeness (QED) is 0.870. The minimum Gasteiger partial charge on any atom is -0.375 e. The summed E-state index contributed by atoms with van der Waals surface area (Å²) < 4.78 is 38.4. The summed E-state index contributed by atoms with van der Waals surface area (Å²) >= 11 is 0. The largest absolute Gasteiger partial charge is 0.416 e. The highest BCUT2D eigenvalue weighted by Gasteiger charge is 2.66. The molecule has 3 atom stereocenters. The SMILES string of the molecule is CC1(C)[C@H]2CC[C@@]1(C)[C@@H](Nc1cccc(C(F)(F)F)c1)C2=O. The number of ketones is 1. The zero-order valence-corrected chi connectivity index (χ0v) is 12.9. The summed E-state index contributed by atoms with van der Waals surface area (Å²) in [5, 5.41) is 3.08. The summed E-state index contributed by atoms with van der Waals surface area (Å²) in [5.41, 5.74) is -0.679. The molecular weight excluding hydrogens is 291 g/mol. The fraction of sp³-hybridized carbons (Fsp3) is 0.588. The third-order valence-electron chi connectivity index (χ3n) is 6.06. The van der Waals surface area contributed by atoms with Crippen LogP contribution in [0.25, 0.3) is 0 Å². The first kappa shape index (κ1) is 15.4. The number of halogens is 3. The fourth-order valence-corrected chi connectivity index (χ4v) is 4.24. The fourth-order valence-electron chi connectivity index (χ4n) is 4.24. The predicted molar refractivity (Wildman–Crippen MR) is 78.5 cm³/mol. The van der Waals surface area contributed by atoms with Crippen molar-refractivity contribution >= 4 is 11.5 Å². The Bertz CT molecular complexity index is 623. The lowest BCUT2D eigenvalue weighted by Gasteiger charge is -2.38. The first-order chi connectivity index (χ1) is 10.1. The van der Waals surface area contributed by atoms with Crippen LogP contribution in [0.5, 0.6) is 0 Å². The van der Waals surface area contributed by atoms with Gasteiger partial charge in [-0.25, -0.2) is 0 Å². The van der Waals surface area contributed by atoms with Gasteiger partial charge in [-0.15, -0.1) is 0 Å². The minimum absolute atomic E-state index is 0.000740.